The average molecular weight is 264 g/mol. The van der Waals surface area contributed by atoms with Gasteiger partial charge < -0.3 is 0 Å². The highest BCUT2D eigenvalue weighted by Gasteiger charge is 2.11. The summed E-state index contributed by atoms with van der Waals surface area (Å²) in [5.74, 6) is 0. The van der Waals surface area contributed by atoms with Crippen molar-refractivity contribution in [2.45, 2.75) is 20.8 Å². The fraction of sp³-hybridized carbons (Fsp3) is 0.188. The van der Waals surface area contributed by atoms with Crippen LogP contribution in [0.25, 0.3) is 16.6 Å². The number of hydrogen-bond donors (Lipinski definition) is 1. The molecule has 0 aliphatic carbocycles. The van der Waals surface area contributed by atoms with Gasteiger partial charge in [-0.3, -0.25) is 10.1 Å². The molecule has 0 saturated carbocycles. The number of nitriles is 1. The Labute approximate surface area is 118 Å². The third-order valence-electron chi connectivity index (χ3n) is 3.04. The standard InChI is InChI=1S/C16H16N4/c1-4-6-7-18-14(5-2)16-13-8-11(3)12(10-17)9-15(13)19-20-16/h4-9H,1-3H3,(H,19,20)/b6-4-,14-5-,18-7-. The zero-order chi connectivity index (χ0) is 14.5. The molecule has 0 fully saturated rings. The van der Waals surface area contributed by atoms with E-state index in [2.05, 4.69) is 21.3 Å². The molecule has 0 aliphatic rings. The highest BCUT2D eigenvalue weighted by Crippen LogP contribution is 2.26. The Morgan fingerprint density at radius 2 is 2.20 bits per heavy atom. The summed E-state index contributed by atoms with van der Waals surface area (Å²) in [5, 5.41) is 17.3. The number of fused-ring (bicyclic) bond motifs is 1. The van der Waals surface area contributed by atoms with E-state index >= 15 is 0 Å². The summed E-state index contributed by atoms with van der Waals surface area (Å²) in [6, 6.07) is 5.98. The molecule has 0 aliphatic heterocycles. The van der Waals surface area contributed by atoms with E-state index in [-0.39, 0.29) is 0 Å². The lowest BCUT2D eigenvalue weighted by molar-refractivity contribution is 1.09. The number of nitrogens with one attached hydrogen (secondary N) is 1. The maximum atomic E-state index is 9.06. The van der Waals surface area contributed by atoms with Crippen LogP contribution in [0.1, 0.15) is 30.7 Å². The van der Waals surface area contributed by atoms with Crippen molar-refractivity contribution in [1.29, 1.82) is 5.26 Å². The highest BCUT2D eigenvalue weighted by molar-refractivity contribution is 5.93. The van der Waals surface area contributed by atoms with Gasteiger partial charge in [-0.05, 0) is 44.5 Å². The number of nitrogens with zero attached hydrogens (tertiary/aromatic N) is 3. The second-order valence-electron chi connectivity index (χ2n) is 4.37. The van der Waals surface area contributed by atoms with Crippen LogP contribution in [0.3, 0.4) is 0 Å². The summed E-state index contributed by atoms with van der Waals surface area (Å²) >= 11 is 0. The SMILES string of the molecule is C\C=C/C=N\C(=C/C)c1n[nH]c2cc(C#N)c(C)cc12. The minimum atomic E-state index is 0.659. The number of aromatic nitrogens is 2. The van der Waals surface area contributed by atoms with E-state index in [1.807, 2.05) is 51.1 Å². The van der Waals surface area contributed by atoms with Crippen molar-refractivity contribution < 1.29 is 0 Å². The lowest BCUT2D eigenvalue weighted by Crippen LogP contribution is -1.85. The topological polar surface area (TPSA) is 64.8 Å². The predicted molar refractivity (Wildman–Crippen MR) is 82.5 cm³/mol. The van der Waals surface area contributed by atoms with Crippen molar-refractivity contribution in [2.75, 3.05) is 0 Å². The molecule has 0 amide bonds. The van der Waals surface area contributed by atoms with Crippen molar-refractivity contribution in [3.05, 3.63) is 47.2 Å². The molecule has 2 aromatic rings. The van der Waals surface area contributed by atoms with Crippen molar-refractivity contribution in [3.8, 4) is 6.07 Å². The molecule has 1 heterocycles. The van der Waals surface area contributed by atoms with Crippen molar-refractivity contribution in [3.63, 3.8) is 0 Å². The quantitative estimate of drug-likeness (QED) is 0.858. The van der Waals surface area contributed by atoms with Crippen LogP contribution in [0, 0.1) is 18.3 Å². The van der Waals surface area contributed by atoms with E-state index in [4.69, 9.17) is 5.26 Å². The van der Waals surface area contributed by atoms with Gasteiger partial charge in [0.05, 0.1) is 22.8 Å². The van der Waals surface area contributed by atoms with Gasteiger partial charge in [0, 0.05) is 11.6 Å². The molecule has 0 bridgehead atoms. The van der Waals surface area contributed by atoms with Crippen LogP contribution in [-0.4, -0.2) is 16.4 Å². The molecule has 100 valence electrons. The van der Waals surface area contributed by atoms with E-state index < -0.39 is 0 Å². The molecule has 1 aromatic heterocycles. The Balaban J connectivity index is 2.56. The van der Waals surface area contributed by atoms with Crippen LogP contribution < -0.4 is 0 Å². The smallest absolute Gasteiger partial charge is 0.118 e. The van der Waals surface area contributed by atoms with Crippen molar-refractivity contribution >= 4 is 22.8 Å². The molecule has 4 heteroatoms. The minimum absolute atomic E-state index is 0.659. The number of hydrogen-bond acceptors (Lipinski definition) is 3. The first-order chi connectivity index (χ1) is 9.71. The predicted octanol–water partition coefficient (Wildman–Crippen LogP) is 3.75. The molecule has 1 N–H and O–H groups in total. The highest BCUT2D eigenvalue weighted by atomic mass is 15.1. The number of aromatic amines is 1. The molecule has 20 heavy (non-hydrogen) atoms. The molecular weight excluding hydrogens is 248 g/mol. The van der Waals surface area contributed by atoms with Gasteiger partial charge in [-0.2, -0.15) is 10.4 Å². The summed E-state index contributed by atoms with van der Waals surface area (Å²) in [4.78, 5) is 4.40. The van der Waals surface area contributed by atoms with E-state index in [0.29, 0.717) is 5.56 Å². The Kier molecular flexibility index (Phi) is 4.11. The second-order valence-corrected chi connectivity index (χ2v) is 4.37. The van der Waals surface area contributed by atoms with E-state index in [9.17, 15) is 0 Å². The monoisotopic (exact) mass is 264 g/mol. The first-order valence-corrected chi connectivity index (χ1v) is 6.42. The Bertz CT molecular complexity index is 755. The number of aryl methyl sites for hydroxylation is 1. The Hall–Kier alpha value is -2.67. The molecule has 0 unspecified atom stereocenters. The van der Waals surface area contributed by atoms with E-state index in [1.165, 1.54) is 0 Å². The van der Waals surface area contributed by atoms with Crippen molar-refractivity contribution in [1.82, 2.24) is 10.2 Å². The number of aliphatic imine (C=N–C) groups is 1. The number of benzene rings is 1. The Morgan fingerprint density at radius 1 is 1.40 bits per heavy atom. The maximum absolute atomic E-state index is 9.06. The van der Waals surface area contributed by atoms with E-state index in [0.717, 1.165) is 27.9 Å². The Morgan fingerprint density at radius 3 is 2.85 bits per heavy atom. The van der Waals surface area contributed by atoms with Gasteiger partial charge in [0.2, 0.25) is 0 Å². The summed E-state index contributed by atoms with van der Waals surface area (Å²) in [5.41, 5.74) is 4.06. The number of allylic oxidation sites excluding steroid dienone is 3. The van der Waals surface area contributed by atoms with Gasteiger partial charge in [0.1, 0.15) is 5.69 Å². The third-order valence-corrected chi connectivity index (χ3v) is 3.04. The van der Waals surface area contributed by atoms with Gasteiger partial charge in [0.25, 0.3) is 0 Å². The van der Waals surface area contributed by atoms with Crippen LogP contribution in [0.4, 0.5) is 0 Å². The fourth-order valence-corrected chi connectivity index (χ4v) is 1.97. The van der Waals surface area contributed by atoms with Gasteiger partial charge >= 0.3 is 0 Å². The molecule has 4 nitrogen and oxygen atoms in total. The lowest BCUT2D eigenvalue weighted by atomic mass is 10.0. The maximum Gasteiger partial charge on any atom is 0.118 e. The molecule has 0 atom stereocenters. The average Bonchev–Trinajstić information content (AvgIpc) is 2.85. The van der Waals surface area contributed by atoms with E-state index in [1.54, 1.807) is 6.21 Å². The van der Waals surface area contributed by atoms with Crippen LogP contribution in [-0.2, 0) is 0 Å². The minimum Gasteiger partial charge on any atom is -0.277 e. The molecule has 2 rings (SSSR count). The van der Waals surface area contributed by atoms with Gasteiger partial charge in [-0.1, -0.05) is 12.2 Å². The van der Waals surface area contributed by atoms with Gasteiger partial charge in [-0.25, -0.2) is 0 Å². The van der Waals surface area contributed by atoms with Crippen molar-refractivity contribution in [2.24, 2.45) is 4.99 Å². The van der Waals surface area contributed by atoms with Crippen LogP contribution in [0.5, 0.6) is 0 Å². The van der Waals surface area contributed by atoms with Gasteiger partial charge in [0.15, 0.2) is 0 Å². The lowest BCUT2D eigenvalue weighted by Gasteiger charge is -2.00. The summed E-state index contributed by atoms with van der Waals surface area (Å²) < 4.78 is 0. The molecule has 0 saturated heterocycles. The zero-order valence-electron chi connectivity index (χ0n) is 11.8. The number of H-pyrrole nitrogens is 1. The first kappa shape index (κ1) is 13.8. The fourth-order valence-electron chi connectivity index (χ4n) is 1.97. The third kappa shape index (κ3) is 2.52. The largest absolute Gasteiger partial charge is 0.277 e. The first-order valence-electron chi connectivity index (χ1n) is 6.42. The number of rotatable bonds is 3. The molecule has 0 radical (unpaired) electrons. The van der Waals surface area contributed by atoms with Gasteiger partial charge in [-0.15, -0.1) is 0 Å². The molecule has 1 aromatic carbocycles. The van der Waals surface area contributed by atoms with Crippen LogP contribution in [0.15, 0.2) is 35.4 Å². The molecule has 0 spiro atoms. The summed E-state index contributed by atoms with van der Waals surface area (Å²) in [7, 11) is 0. The van der Waals surface area contributed by atoms with Crippen LogP contribution >= 0.6 is 0 Å². The normalized spacial score (nSPS) is 12.6. The molecular formula is C16H16N4. The second kappa shape index (κ2) is 5.98. The zero-order valence-corrected chi connectivity index (χ0v) is 11.8. The summed E-state index contributed by atoms with van der Waals surface area (Å²) in [6.07, 6.45) is 7.45. The summed E-state index contributed by atoms with van der Waals surface area (Å²) in [6.45, 7) is 5.80. The van der Waals surface area contributed by atoms with Crippen LogP contribution in [0.2, 0.25) is 0 Å².